The Hall–Kier alpha value is -1.44. The predicted molar refractivity (Wildman–Crippen MR) is 60.9 cm³/mol. The summed E-state index contributed by atoms with van der Waals surface area (Å²) in [5.74, 6) is 0. The third-order valence-corrected chi connectivity index (χ3v) is 3.49. The second kappa shape index (κ2) is 2.78. The van der Waals surface area contributed by atoms with Crippen molar-refractivity contribution in [1.29, 1.82) is 0 Å². The van der Waals surface area contributed by atoms with Crippen LogP contribution in [0.5, 0.6) is 0 Å². The number of hydrogen-bond donors (Lipinski definition) is 0. The van der Waals surface area contributed by atoms with E-state index < -0.39 is 0 Å². The van der Waals surface area contributed by atoms with Crippen molar-refractivity contribution < 1.29 is 0 Å². The second-order valence-electron chi connectivity index (χ2n) is 4.97. The lowest BCUT2D eigenvalue weighted by Gasteiger charge is -2.31. The van der Waals surface area contributed by atoms with Gasteiger partial charge in [-0.15, -0.1) is 0 Å². The molecule has 2 heterocycles. The normalized spacial score (nSPS) is 18.0. The smallest absolute Gasteiger partial charge is 0.0362 e. The van der Waals surface area contributed by atoms with Crippen LogP contribution in [0.3, 0.4) is 0 Å². The fraction of sp³-hybridized carbons (Fsp3) is 0.385. The monoisotopic (exact) mass is 198 g/mol. The molecule has 0 atom stereocenters. The summed E-state index contributed by atoms with van der Waals surface area (Å²) >= 11 is 0. The minimum Gasteiger partial charge on any atom is -0.264 e. The maximum Gasteiger partial charge on any atom is 0.0362 e. The molecule has 0 fully saturated rings. The minimum atomic E-state index is 0.251. The zero-order valence-corrected chi connectivity index (χ0v) is 9.12. The third kappa shape index (κ3) is 1.17. The number of pyridine rings is 2. The van der Waals surface area contributed by atoms with Crippen LogP contribution in [0.2, 0.25) is 0 Å². The lowest BCUT2D eigenvalue weighted by molar-refractivity contribution is 0.472. The Morgan fingerprint density at radius 3 is 2.60 bits per heavy atom. The number of nitrogens with zero attached hydrogens (tertiary/aromatic N) is 2. The number of hydrogen-bond acceptors (Lipinski definition) is 2. The van der Waals surface area contributed by atoms with Gasteiger partial charge in [0, 0.05) is 30.2 Å². The molecule has 0 bridgehead atoms. The van der Waals surface area contributed by atoms with Crippen molar-refractivity contribution in [1.82, 2.24) is 9.97 Å². The molecule has 76 valence electrons. The molecular weight excluding hydrogens is 184 g/mol. The van der Waals surface area contributed by atoms with Gasteiger partial charge in [-0.3, -0.25) is 9.97 Å². The molecule has 0 saturated heterocycles. The quantitative estimate of drug-likeness (QED) is 0.650. The van der Waals surface area contributed by atoms with Crippen LogP contribution in [0.1, 0.15) is 31.4 Å². The van der Waals surface area contributed by atoms with Gasteiger partial charge >= 0.3 is 0 Å². The van der Waals surface area contributed by atoms with Crippen LogP contribution in [0.4, 0.5) is 0 Å². The van der Waals surface area contributed by atoms with Gasteiger partial charge in [0.15, 0.2) is 0 Å². The zero-order valence-electron chi connectivity index (χ0n) is 9.12. The minimum absolute atomic E-state index is 0.251. The van der Waals surface area contributed by atoms with E-state index in [1.54, 1.807) is 0 Å². The van der Waals surface area contributed by atoms with Crippen LogP contribution >= 0.6 is 0 Å². The molecule has 0 aliphatic heterocycles. The molecule has 0 N–H and O–H groups in total. The van der Waals surface area contributed by atoms with Crippen LogP contribution in [0.15, 0.2) is 24.8 Å². The highest BCUT2D eigenvalue weighted by Crippen LogP contribution is 2.39. The molecule has 2 aromatic rings. The van der Waals surface area contributed by atoms with Gasteiger partial charge in [-0.2, -0.15) is 0 Å². The van der Waals surface area contributed by atoms with Crippen molar-refractivity contribution >= 4 is 10.8 Å². The van der Waals surface area contributed by atoms with Crippen molar-refractivity contribution in [3.63, 3.8) is 0 Å². The first-order valence-electron chi connectivity index (χ1n) is 5.39. The molecule has 2 nitrogen and oxygen atoms in total. The van der Waals surface area contributed by atoms with Crippen LogP contribution in [-0.2, 0) is 11.8 Å². The van der Waals surface area contributed by atoms with Crippen molar-refractivity contribution in [2.24, 2.45) is 0 Å². The standard InChI is InChI=1S/C13H14N2/c1-13(2)4-3-9-5-14-6-10-7-15-8-11(13)12(9)10/h5-8H,3-4H2,1-2H3. The molecule has 0 saturated carbocycles. The summed E-state index contributed by atoms with van der Waals surface area (Å²) < 4.78 is 0. The average molecular weight is 198 g/mol. The van der Waals surface area contributed by atoms with Crippen LogP contribution in [0, 0.1) is 0 Å². The molecule has 1 aliphatic carbocycles. The Kier molecular flexibility index (Phi) is 1.64. The van der Waals surface area contributed by atoms with E-state index in [4.69, 9.17) is 0 Å². The van der Waals surface area contributed by atoms with Crippen LogP contribution < -0.4 is 0 Å². The molecular formula is C13H14N2. The van der Waals surface area contributed by atoms with Gasteiger partial charge in [-0.25, -0.2) is 0 Å². The van der Waals surface area contributed by atoms with Crippen molar-refractivity contribution in [2.45, 2.75) is 32.1 Å². The summed E-state index contributed by atoms with van der Waals surface area (Å²) in [4.78, 5) is 8.58. The molecule has 2 heteroatoms. The topological polar surface area (TPSA) is 25.8 Å². The zero-order chi connectivity index (χ0) is 10.5. The Labute approximate surface area is 89.4 Å². The predicted octanol–water partition coefficient (Wildman–Crippen LogP) is 2.85. The number of aryl methyl sites for hydroxylation is 1. The maximum absolute atomic E-state index is 4.31. The fourth-order valence-electron chi connectivity index (χ4n) is 2.49. The van der Waals surface area contributed by atoms with Gasteiger partial charge in [0.2, 0.25) is 0 Å². The third-order valence-electron chi connectivity index (χ3n) is 3.49. The molecule has 0 amide bonds. The molecule has 0 aromatic carbocycles. The summed E-state index contributed by atoms with van der Waals surface area (Å²) in [7, 11) is 0. The Morgan fingerprint density at radius 2 is 1.80 bits per heavy atom. The highest BCUT2D eigenvalue weighted by molar-refractivity contribution is 5.88. The lowest BCUT2D eigenvalue weighted by Crippen LogP contribution is -2.23. The van der Waals surface area contributed by atoms with E-state index in [1.165, 1.54) is 28.3 Å². The first-order valence-corrected chi connectivity index (χ1v) is 5.39. The Balaban J connectivity index is 2.47. The fourth-order valence-corrected chi connectivity index (χ4v) is 2.49. The first kappa shape index (κ1) is 8.84. The Morgan fingerprint density at radius 1 is 1.07 bits per heavy atom. The molecule has 0 radical (unpaired) electrons. The van der Waals surface area contributed by atoms with Gasteiger partial charge in [0.1, 0.15) is 0 Å². The van der Waals surface area contributed by atoms with E-state index in [9.17, 15) is 0 Å². The summed E-state index contributed by atoms with van der Waals surface area (Å²) in [6.45, 7) is 4.60. The molecule has 15 heavy (non-hydrogen) atoms. The molecule has 3 rings (SSSR count). The van der Waals surface area contributed by atoms with E-state index in [1.807, 2.05) is 24.8 Å². The van der Waals surface area contributed by atoms with E-state index in [0.717, 1.165) is 6.42 Å². The van der Waals surface area contributed by atoms with Crippen molar-refractivity contribution in [3.05, 3.63) is 35.9 Å². The van der Waals surface area contributed by atoms with E-state index in [-0.39, 0.29) is 5.41 Å². The van der Waals surface area contributed by atoms with Gasteiger partial charge in [-0.1, -0.05) is 13.8 Å². The summed E-state index contributed by atoms with van der Waals surface area (Å²) in [6, 6.07) is 0. The number of aromatic nitrogens is 2. The largest absolute Gasteiger partial charge is 0.264 e. The van der Waals surface area contributed by atoms with Gasteiger partial charge in [-0.05, 0) is 34.8 Å². The van der Waals surface area contributed by atoms with Crippen molar-refractivity contribution in [2.75, 3.05) is 0 Å². The first-order chi connectivity index (χ1) is 7.18. The van der Waals surface area contributed by atoms with Crippen molar-refractivity contribution in [3.8, 4) is 0 Å². The highest BCUT2D eigenvalue weighted by atomic mass is 14.7. The van der Waals surface area contributed by atoms with E-state index in [2.05, 4.69) is 23.8 Å². The van der Waals surface area contributed by atoms with Crippen LogP contribution in [-0.4, -0.2) is 9.97 Å². The average Bonchev–Trinajstić information content (AvgIpc) is 2.24. The summed E-state index contributed by atoms with van der Waals surface area (Å²) in [5.41, 5.74) is 3.01. The van der Waals surface area contributed by atoms with E-state index >= 15 is 0 Å². The lowest BCUT2D eigenvalue weighted by atomic mass is 9.74. The highest BCUT2D eigenvalue weighted by Gasteiger charge is 2.28. The molecule has 0 unspecified atom stereocenters. The van der Waals surface area contributed by atoms with Gasteiger partial charge in [0.25, 0.3) is 0 Å². The molecule has 1 aliphatic rings. The summed E-state index contributed by atoms with van der Waals surface area (Å²) in [5, 5.41) is 2.56. The summed E-state index contributed by atoms with van der Waals surface area (Å²) in [6.07, 6.45) is 10.2. The Bertz CT molecular complexity index is 524. The van der Waals surface area contributed by atoms with Gasteiger partial charge in [0.05, 0.1) is 0 Å². The SMILES string of the molecule is CC1(C)CCc2cncc3cncc1c23. The van der Waals surface area contributed by atoms with Gasteiger partial charge < -0.3 is 0 Å². The number of rotatable bonds is 0. The maximum atomic E-state index is 4.31. The van der Waals surface area contributed by atoms with Crippen LogP contribution in [0.25, 0.3) is 10.8 Å². The van der Waals surface area contributed by atoms with E-state index in [0.29, 0.717) is 0 Å². The molecule has 2 aromatic heterocycles. The second-order valence-corrected chi connectivity index (χ2v) is 4.97. The molecule has 0 spiro atoms.